The molecule has 0 fully saturated rings. The molecular formula is C40H36N2O3. The van der Waals surface area contributed by atoms with Gasteiger partial charge in [0.25, 0.3) is 0 Å². The standard InChI is InChI=1S/C40H36N2O3/c1-21-15-23(3)34(24(4)16-21)27-13-14-32-31(19-27)40(7,8)38-39(42(32)35-25(5)17-22(2)18-26(35)6)45-33(41-38)20-30-36(43)28-11-9-10-12-29(28)37(30)44/h9-20H,1-8H3. The number of rotatable bonds is 3. The van der Waals surface area contributed by atoms with Gasteiger partial charge in [0.15, 0.2) is 11.6 Å². The van der Waals surface area contributed by atoms with Gasteiger partial charge in [-0.05, 0) is 106 Å². The minimum atomic E-state index is -0.539. The Morgan fingerprint density at radius 2 is 1.29 bits per heavy atom. The molecule has 0 atom stereocenters. The number of oxazole rings is 1. The number of aryl methyl sites for hydroxylation is 6. The Labute approximate surface area is 264 Å². The van der Waals surface area contributed by atoms with Crippen LogP contribution in [0.4, 0.5) is 17.3 Å². The van der Waals surface area contributed by atoms with E-state index >= 15 is 0 Å². The molecule has 5 nitrogen and oxygen atoms in total. The van der Waals surface area contributed by atoms with Gasteiger partial charge in [0.05, 0.1) is 16.9 Å². The third-order valence-corrected chi connectivity index (χ3v) is 9.33. The Bertz CT molecular complexity index is 2060. The first-order valence-electron chi connectivity index (χ1n) is 15.4. The van der Waals surface area contributed by atoms with E-state index in [2.05, 4.69) is 103 Å². The Kier molecular flexibility index (Phi) is 6.38. The van der Waals surface area contributed by atoms with Crippen molar-refractivity contribution in [2.45, 2.75) is 60.8 Å². The number of carbonyl (C=O) groups excluding carboxylic acids is 2. The van der Waals surface area contributed by atoms with Gasteiger partial charge in [-0.2, -0.15) is 0 Å². The minimum absolute atomic E-state index is 0.0759. The van der Waals surface area contributed by atoms with E-state index < -0.39 is 5.41 Å². The number of aromatic nitrogens is 1. The quantitative estimate of drug-likeness (QED) is 0.154. The molecule has 0 saturated heterocycles. The third-order valence-electron chi connectivity index (χ3n) is 9.33. The summed E-state index contributed by atoms with van der Waals surface area (Å²) < 4.78 is 6.56. The molecule has 5 heteroatoms. The number of hydrogen-bond donors (Lipinski definition) is 0. The lowest BCUT2D eigenvalue weighted by molar-refractivity contribution is 0.0990. The maximum absolute atomic E-state index is 13.2. The molecule has 0 bridgehead atoms. The fraction of sp³-hybridized carbons (Fsp3) is 0.225. The molecule has 0 spiro atoms. The summed E-state index contributed by atoms with van der Waals surface area (Å²) in [5.41, 5.74) is 13.8. The SMILES string of the molecule is Cc1cc(C)c(-c2ccc3c(c2)C(C)(C)c2nc(C=C4C(=O)c5ccccc5C4=O)oc2N3c2c(C)cc(C)cc2C)c(C)c1. The third kappa shape index (κ3) is 4.33. The van der Waals surface area contributed by atoms with Gasteiger partial charge in [-0.25, -0.2) is 4.98 Å². The van der Waals surface area contributed by atoms with Gasteiger partial charge in [0.2, 0.25) is 11.8 Å². The summed E-state index contributed by atoms with van der Waals surface area (Å²) in [4.78, 5) is 33.7. The first kappa shape index (κ1) is 28.7. The van der Waals surface area contributed by atoms with E-state index in [4.69, 9.17) is 9.40 Å². The molecule has 0 amide bonds. The Hall–Kier alpha value is -5.03. The van der Waals surface area contributed by atoms with Crippen molar-refractivity contribution < 1.29 is 14.0 Å². The van der Waals surface area contributed by atoms with Crippen molar-refractivity contribution in [3.05, 3.63) is 134 Å². The fourth-order valence-electron chi connectivity index (χ4n) is 7.48. The zero-order chi connectivity index (χ0) is 31.9. The summed E-state index contributed by atoms with van der Waals surface area (Å²) in [6.45, 7) is 17.1. The first-order valence-corrected chi connectivity index (χ1v) is 15.4. The maximum Gasteiger partial charge on any atom is 0.229 e. The van der Waals surface area contributed by atoms with Crippen LogP contribution in [0, 0.1) is 41.5 Å². The summed E-state index contributed by atoms with van der Waals surface area (Å²) in [7, 11) is 0. The van der Waals surface area contributed by atoms with E-state index in [1.807, 2.05) is 0 Å². The van der Waals surface area contributed by atoms with Crippen LogP contribution in [0.5, 0.6) is 0 Å². The summed E-state index contributed by atoms with van der Waals surface area (Å²) in [5, 5.41) is 0. The van der Waals surface area contributed by atoms with Crippen molar-refractivity contribution in [2.24, 2.45) is 0 Å². The van der Waals surface area contributed by atoms with Crippen molar-refractivity contribution in [3.8, 4) is 11.1 Å². The van der Waals surface area contributed by atoms with Crippen LogP contribution in [0.15, 0.2) is 76.7 Å². The summed E-state index contributed by atoms with van der Waals surface area (Å²) in [5.74, 6) is 0.235. The Morgan fingerprint density at radius 1 is 0.733 bits per heavy atom. The predicted molar refractivity (Wildman–Crippen MR) is 180 cm³/mol. The molecule has 1 aromatic heterocycles. The van der Waals surface area contributed by atoms with Gasteiger partial charge in [-0.1, -0.05) is 65.7 Å². The van der Waals surface area contributed by atoms with Crippen molar-refractivity contribution in [1.29, 1.82) is 0 Å². The average Bonchev–Trinajstić information content (AvgIpc) is 3.50. The molecule has 1 aliphatic carbocycles. The van der Waals surface area contributed by atoms with E-state index in [1.165, 1.54) is 33.9 Å². The lowest BCUT2D eigenvalue weighted by Gasteiger charge is -2.39. The van der Waals surface area contributed by atoms with Gasteiger partial charge in [-0.3, -0.25) is 14.5 Å². The number of allylic oxidation sites excluding steroid dienone is 1. The van der Waals surface area contributed by atoms with Crippen LogP contribution in [-0.4, -0.2) is 16.6 Å². The molecule has 0 saturated carbocycles. The maximum atomic E-state index is 13.2. The molecule has 0 N–H and O–H groups in total. The predicted octanol–water partition coefficient (Wildman–Crippen LogP) is 9.76. The molecule has 0 radical (unpaired) electrons. The van der Waals surface area contributed by atoms with Gasteiger partial charge in [0.1, 0.15) is 5.69 Å². The highest BCUT2D eigenvalue weighted by Crippen LogP contribution is 2.54. The van der Waals surface area contributed by atoms with E-state index in [-0.39, 0.29) is 23.0 Å². The summed E-state index contributed by atoms with van der Waals surface area (Å²) >= 11 is 0. The van der Waals surface area contributed by atoms with E-state index in [9.17, 15) is 9.59 Å². The second kappa shape index (κ2) is 10.00. The van der Waals surface area contributed by atoms with Crippen LogP contribution in [0.2, 0.25) is 0 Å². The molecule has 2 aliphatic rings. The van der Waals surface area contributed by atoms with Crippen molar-refractivity contribution >= 4 is 34.9 Å². The van der Waals surface area contributed by atoms with Crippen molar-refractivity contribution in [3.63, 3.8) is 0 Å². The van der Waals surface area contributed by atoms with Gasteiger partial charge >= 0.3 is 0 Å². The zero-order valence-electron chi connectivity index (χ0n) is 27.0. The van der Waals surface area contributed by atoms with Crippen molar-refractivity contribution in [1.82, 2.24) is 4.98 Å². The molecule has 1 aliphatic heterocycles. The molecule has 0 unspecified atom stereocenters. The van der Waals surface area contributed by atoms with Crippen molar-refractivity contribution in [2.75, 3.05) is 4.90 Å². The molecule has 5 aromatic rings. The highest BCUT2D eigenvalue weighted by atomic mass is 16.4. The number of Topliss-reactive ketones (excluding diaryl/α,β-unsaturated/α-hetero) is 2. The number of anilines is 3. The van der Waals surface area contributed by atoms with Gasteiger partial charge in [0, 0.05) is 22.6 Å². The number of benzene rings is 4. The van der Waals surface area contributed by atoms with Gasteiger partial charge < -0.3 is 4.42 Å². The second-order valence-corrected chi connectivity index (χ2v) is 13.2. The van der Waals surface area contributed by atoms with Crippen LogP contribution in [0.3, 0.4) is 0 Å². The lowest BCUT2D eigenvalue weighted by Crippen LogP contribution is -2.31. The van der Waals surface area contributed by atoms with E-state index in [0.717, 1.165) is 39.3 Å². The van der Waals surface area contributed by atoms with Crippen LogP contribution in [0.1, 0.15) is 85.1 Å². The number of ketones is 2. The Morgan fingerprint density at radius 3 is 1.87 bits per heavy atom. The lowest BCUT2D eigenvalue weighted by atomic mass is 9.76. The number of hydrogen-bond acceptors (Lipinski definition) is 5. The topological polar surface area (TPSA) is 63.4 Å². The molecule has 224 valence electrons. The fourth-order valence-corrected chi connectivity index (χ4v) is 7.48. The zero-order valence-corrected chi connectivity index (χ0v) is 27.0. The van der Waals surface area contributed by atoms with Gasteiger partial charge in [-0.15, -0.1) is 0 Å². The molecular weight excluding hydrogens is 556 g/mol. The molecule has 2 heterocycles. The number of fused-ring (bicyclic) bond motifs is 3. The van der Waals surface area contributed by atoms with Crippen LogP contribution in [-0.2, 0) is 5.41 Å². The molecule has 4 aromatic carbocycles. The highest BCUT2D eigenvalue weighted by Gasteiger charge is 2.43. The monoisotopic (exact) mass is 592 g/mol. The second-order valence-electron chi connectivity index (χ2n) is 13.2. The summed E-state index contributed by atoms with van der Waals surface area (Å²) in [6, 6.07) is 22.4. The minimum Gasteiger partial charge on any atom is -0.420 e. The molecule has 7 rings (SSSR count). The summed E-state index contributed by atoms with van der Waals surface area (Å²) in [6.07, 6.45) is 1.52. The Balaban J connectivity index is 1.46. The smallest absolute Gasteiger partial charge is 0.229 e. The highest BCUT2D eigenvalue weighted by molar-refractivity contribution is 6.41. The van der Waals surface area contributed by atoms with Crippen LogP contribution >= 0.6 is 0 Å². The average molecular weight is 593 g/mol. The van der Waals surface area contributed by atoms with Crippen LogP contribution < -0.4 is 4.90 Å². The molecule has 45 heavy (non-hydrogen) atoms. The van der Waals surface area contributed by atoms with E-state index in [1.54, 1.807) is 24.3 Å². The number of carbonyl (C=O) groups is 2. The normalized spacial score (nSPS) is 14.8. The first-order chi connectivity index (χ1) is 21.4. The largest absolute Gasteiger partial charge is 0.420 e. The van der Waals surface area contributed by atoms with E-state index in [0.29, 0.717) is 17.0 Å². The number of nitrogens with zero attached hydrogens (tertiary/aromatic N) is 2. The van der Waals surface area contributed by atoms with Crippen LogP contribution in [0.25, 0.3) is 17.2 Å².